The molecule has 182 valence electrons. The molecule has 0 unspecified atom stereocenters. The molecule has 1 aliphatic carbocycles. The number of halogens is 3. The van der Waals surface area contributed by atoms with Crippen LogP contribution < -0.4 is 10.5 Å². The Labute approximate surface area is 205 Å². The summed E-state index contributed by atoms with van der Waals surface area (Å²) in [4.78, 5) is 12.1. The molecule has 1 saturated heterocycles. The molecule has 0 spiro atoms. The topological polar surface area (TPSA) is 129 Å². The van der Waals surface area contributed by atoms with Crippen molar-refractivity contribution >= 4 is 43.7 Å². The summed E-state index contributed by atoms with van der Waals surface area (Å²) in [6.07, 6.45) is -3.32. The van der Waals surface area contributed by atoms with Gasteiger partial charge in [0.25, 0.3) is 6.43 Å². The zero-order chi connectivity index (χ0) is 24.5. The van der Waals surface area contributed by atoms with E-state index < -0.39 is 42.3 Å². The monoisotopic (exact) mass is 547 g/mol. The van der Waals surface area contributed by atoms with E-state index >= 15 is 0 Å². The standard InChI is InChI=1S/C23H20BrF2N5O4/c24-13-7-10-1-2-11(8-14(10)30-20(13)27)34-15-3-5-23(33)17(32)22(35-18(15)23)31-6-4-12-16(19(25)26)28-9-29-21(12)31/h1-2,4,6-9,15,17-19,22,32-33H,3,5H2,(H2,27,30)/t15-,17-,18+,22+,23-/m0/s1. The van der Waals surface area contributed by atoms with E-state index in [0.29, 0.717) is 28.0 Å². The van der Waals surface area contributed by atoms with Gasteiger partial charge in [-0.25, -0.2) is 23.7 Å². The van der Waals surface area contributed by atoms with Gasteiger partial charge >= 0.3 is 0 Å². The fourth-order valence-corrected chi connectivity index (χ4v) is 5.41. The quantitative estimate of drug-likeness (QED) is 0.354. The summed E-state index contributed by atoms with van der Waals surface area (Å²) in [5.74, 6) is 0.871. The van der Waals surface area contributed by atoms with Crippen LogP contribution in [0.5, 0.6) is 5.75 Å². The molecule has 6 rings (SSSR count). The van der Waals surface area contributed by atoms with Crippen molar-refractivity contribution in [3.05, 3.63) is 53.0 Å². The lowest BCUT2D eigenvalue weighted by Crippen LogP contribution is -2.47. The van der Waals surface area contributed by atoms with E-state index in [1.165, 1.54) is 16.8 Å². The molecule has 2 fully saturated rings. The number of ether oxygens (including phenoxy) is 2. The molecule has 1 aromatic carbocycles. The Kier molecular flexibility index (Phi) is 5.18. The number of pyridine rings is 1. The third-order valence-electron chi connectivity index (χ3n) is 6.81. The van der Waals surface area contributed by atoms with Crippen LogP contribution in [-0.4, -0.2) is 53.6 Å². The van der Waals surface area contributed by atoms with Gasteiger partial charge in [0.15, 0.2) is 6.23 Å². The maximum atomic E-state index is 13.4. The van der Waals surface area contributed by atoms with Gasteiger partial charge in [0, 0.05) is 23.0 Å². The maximum absolute atomic E-state index is 13.4. The van der Waals surface area contributed by atoms with E-state index in [4.69, 9.17) is 15.2 Å². The lowest BCUT2D eigenvalue weighted by molar-refractivity contribution is -0.0791. The number of benzene rings is 1. The largest absolute Gasteiger partial charge is 0.488 e. The van der Waals surface area contributed by atoms with E-state index in [2.05, 4.69) is 30.9 Å². The zero-order valence-electron chi connectivity index (χ0n) is 18.1. The van der Waals surface area contributed by atoms with Crippen LogP contribution in [0.4, 0.5) is 14.6 Å². The molecular formula is C23H20BrF2N5O4. The summed E-state index contributed by atoms with van der Waals surface area (Å²) >= 11 is 3.36. The number of anilines is 1. The van der Waals surface area contributed by atoms with Crippen LogP contribution in [-0.2, 0) is 4.74 Å². The van der Waals surface area contributed by atoms with Gasteiger partial charge in [-0.1, -0.05) is 0 Å². The first kappa shape index (κ1) is 22.5. The average molecular weight is 548 g/mol. The van der Waals surface area contributed by atoms with E-state index in [0.717, 1.165) is 11.7 Å². The number of hydrogen-bond donors (Lipinski definition) is 3. The molecule has 0 amide bonds. The first-order valence-electron chi connectivity index (χ1n) is 10.9. The van der Waals surface area contributed by atoms with Crippen molar-refractivity contribution in [2.75, 3.05) is 5.73 Å². The van der Waals surface area contributed by atoms with Crippen molar-refractivity contribution in [1.82, 2.24) is 19.5 Å². The Hall–Kier alpha value is -2.93. The van der Waals surface area contributed by atoms with Gasteiger partial charge < -0.3 is 30.0 Å². The Morgan fingerprint density at radius 1 is 1.26 bits per heavy atom. The van der Waals surface area contributed by atoms with Gasteiger partial charge in [-0.05, 0) is 53.0 Å². The molecule has 4 aromatic rings. The molecule has 35 heavy (non-hydrogen) atoms. The van der Waals surface area contributed by atoms with Crippen LogP contribution in [0, 0.1) is 0 Å². The third kappa shape index (κ3) is 3.46. The predicted octanol–water partition coefficient (Wildman–Crippen LogP) is 3.49. The number of aromatic nitrogens is 4. The Balaban J connectivity index is 1.29. The Bertz CT molecular complexity index is 1450. The number of rotatable bonds is 4. The molecule has 1 aliphatic heterocycles. The summed E-state index contributed by atoms with van der Waals surface area (Å²) in [6.45, 7) is 0. The molecule has 5 atom stereocenters. The van der Waals surface area contributed by atoms with Crippen molar-refractivity contribution in [2.45, 2.75) is 49.4 Å². The summed E-state index contributed by atoms with van der Waals surface area (Å²) in [5.41, 5.74) is 4.75. The highest BCUT2D eigenvalue weighted by atomic mass is 79.9. The van der Waals surface area contributed by atoms with Crippen molar-refractivity contribution in [1.29, 1.82) is 0 Å². The highest BCUT2D eigenvalue weighted by molar-refractivity contribution is 9.10. The van der Waals surface area contributed by atoms with Crippen molar-refractivity contribution in [3.63, 3.8) is 0 Å². The highest BCUT2D eigenvalue weighted by Crippen LogP contribution is 2.48. The molecule has 0 radical (unpaired) electrons. The second kappa shape index (κ2) is 8.05. The predicted molar refractivity (Wildman–Crippen MR) is 125 cm³/mol. The Morgan fingerprint density at radius 3 is 2.89 bits per heavy atom. The van der Waals surface area contributed by atoms with Crippen LogP contribution in [0.3, 0.4) is 0 Å². The molecule has 4 heterocycles. The molecular weight excluding hydrogens is 528 g/mol. The zero-order valence-corrected chi connectivity index (χ0v) is 19.6. The first-order valence-corrected chi connectivity index (χ1v) is 11.7. The van der Waals surface area contributed by atoms with Crippen LogP contribution in [0.15, 0.2) is 47.3 Å². The van der Waals surface area contributed by atoms with Gasteiger partial charge in [-0.2, -0.15) is 0 Å². The fourth-order valence-electron chi connectivity index (χ4n) is 5.07. The number of nitrogens with two attached hydrogens (primary N) is 1. The average Bonchev–Trinajstić information content (AvgIpc) is 3.46. The second-order valence-electron chi connectivity index (χ2n) is 8.81. The molecule has 3 aromatic heterocycles. The smallest absolute Gasteiger partial charge is 0.281 e. The number of aliphatic hydroxyl groups is 2. The minimum Gasteiger partial charge on any atom is -0.488 e. The first-order chi connectivity index (χ1) is 16.8. The summed E-state index contributed by atoms with van der Waals surface area (Å²) in [6, 6.07) is 8.70. The lowest BCUT2D eigenvalue weighted by atomic mass is 9.94. The van der Waals surface area contributed by atoms with Crippen molar-refractivity contribution in [3.8, 4) is 5.75 Å². The molecule has 4 N–H and O–H groups in total. The van der Waals surface area contributed by atoms with Gasteiger partial charge in [-0.3, -0.25) is 0 Å². The molecule has 9 nitrogen and oxygen atoms in total. The number of nitrogen functional groups attached to an aromatic ring is 1. The molecule has 2 aliphatic rings. The maximum Gasteiger partial charge on any atom is 0.281 e. The summed E-state index contributed by atoms with van der Waals surface area (Å²) in [7, 11) is 0. The summed E-state index contributed by atoms with van der Waals surface area (Å²) in [5, 5.41) is 23.4. The molecule has 0 bridgehead atoms. The minimum atomic E-state index is -2.78. The van der Waals surface area contributed by atoms with Crippen LogP contribution in [0.2, 0.25) is 0 Å². The Morgan fingerprint density at radius 2 is 2.09 bits per heavy atom. The van der Waals surface area contributed by atoms with Gasteiger partial charge in [-0.15, -0.1) is 0 Å². The third-order valence-corrected chi connectivity index (χ3v) is 7.44. The number of fused-ring (bicyclic) bond motifs is 3. The van der Waals surface area contributed by atoms with Crippen LogP contribution >= 0.6 is 15.9 Å². The van der Waals surface area contributed by atoms with Crippen LogP contribution in [0.25, 0.3) is 21.9 Å². The second-order valence-corrected chi connectivity index (χ2v) is 9.66. The number of nitrogens with zero attached hydrogens (tertiary/aromatic N) is 4. The van der Waals surface area contributed by atoms with E-state index in [-0.39, 0.29) is 17.5 Å². The van der Waals surface area contributed by atoms with Gasteiger partial charge in [0.2, 0.25) is 0 Å². The minimum absolute atomic E-state index is 0.157. The van der Waals surface area contributed by atoms with E-state index in [1.807, 2.05) is 12.1 Å². The van der Waals surface area contributed by atoms with Crippen molar-refractivity contribution < 1.29 is 28.5 Å². The van der Waals surface area contributed by atoms with Gasteiger partial charge in [0.1, 0.15) is 53.1 Å². The number of hydrogen-bond acceptors (Lipinski definition) is 8. The van der Waals surface area contributed by atoms with Crippen molar-refractivity contribution in [2.24, 2.45) is 0 Å². The van der Waals surface area contributed by atoms with E-state index in [9.17, 15) is 19.0 Å². The number of aliphatic hydroxyl groups excluding tert-OH is 1. The highest BCUT2D eigenvalue weighted by Gasteiger charge is 2.62. The SMILES string of the molecule is Nc1nc2cc(O[C@H]3CC[C@@]4(O)[C@@H]3O[C@@H](n3ccc5c(C(F)F)ncnc53)[C@@H]4O)ccc2cc1Br. The van der Waals surface area contributed by atoms with E-state index in [1.54, 1.807) is 12.1 Å². The molecule has 1 saturated carbocycles. The van der Waals surface area contributed by atoms with Crippen LogP contribution in [0.1, 0.15) is 31.2 Å². The fraction of sp³-hybridized carbons (Fsp3) is 0.348. The normalized spacial score (nSPS) is 28.3. The lowest BCUT2D eigenvalue weighted by Gasteiger charge is -2.26. The van der Waals surface area contributed by atoms with Gasteiger partial charge in [0.05, 0.1) is 9.99 Å². The summed E-state index contributed by atoms with van der Waals surface area (Å²) < 4.78 is 41.1. The molecule has 12 heteroatoms. The number of alkyl halides is 2.